The molecule has 1 aromatic carbocycles. The molecule has 1 aromatic rings. The van der Waals surface area contributed by atoms with Crippen LogP contribution in [-0.4, -0.2) is 29.4 Å². The number of nitrogens with two attached hydrogens (primary N) is 1. The van der Waals surface area contributed by atoms with Gasteiger partial charge in [-0.05, 0) is 18.6 Å². The van der Waals surface area contributed by atoms with E-state index in [0.29, 0.717) is 17.9 Å². The second-order valence-electron chi connectivity index (χ2n) is 3.48. The first-order chi connectivity index (χ1) is 8.56. The Morgan fingerprint density at radius 1 is 1.44 bits per heavy atom. The van der Waals surface area contributed by atoms with Gasteiger partial charge in [-0.15, -0.1) is 11.8 Å². The molecule has 0 atom stereocenters. The largest absolute Gasteiger partial charge is 0.478 e. The molecule has 98 valence electrons. The molecule has 0 aliphatic carbocycles. The Morgan fingerprint density at radius 3 is 2.78 bits per heavy atom. The molecule has 0 radical (unpaired) electrons. The fourth-order valence-electron chi connectivity index (χ4n) is 1.45. The Hall–Kier alpha value is -1.69. The van der Waals surface area contributed by atoms with E-state index in [1.807, 2.05) is 0 Å². The first kappa shape index (κ1) is 14.4. The maximum atomic E-state index is 11.1. The van der Waals surface area contributed by atoms with Crippen molar-refractivity contribution in [1.29, 1.82) is 0 Å². The Labute approximate surface area is 109 Å². The molecular weight excluding hydrogens is 254 g/mol. The van der Waals surface area contributed by atoms with Gasteiger partial charge in [0, 0.05) is 11.4 Å². The lowest BCUT2D eigenvalue weighted by atomic mass is 10.1. The molecule has 0 aliphatic heterocycles. The topological polar surface area (TPSA) is 89.6 Å². The minimum Gasteiger partial charge on any atom is -0.478 e. The van der Waals surface area contributed by atoms with Crippen LogP contribution in [0.3, 0.4) is 0 Å². The minimum atomic E-state index is -1.06. The Bertz CT molecular complexity index is 448. The summed E-state index contributed by atoms with van der Waals surface area (Å²) in [6.07, 6.45) is 0. The van der Waals surface area contributed by atoms with Crippen molar-refractivity contribution in [2.75, 3.05) is 18.1 Å². The van der Waals surface area contributed by atoms with Crippen LogP contribution in [0.25, 0.3) is 0 Å². The van der Waals surface area contributed by atoms with Crippen LogP contribution in [0.5, 0.6) is 0 Å². The average molecular weight is 269 g/mol. The number of anilines is 1. The molecular formula is C12H15NO4S. The highest BCUT2D eigenvalue weighted by Gasteiger charge is 2.13. The van der Waals surface area contributed by atoms with E-state index in [-0.39, 0.29) is 23.0 Å². The normalized spacial score (nSPS) is 10.1. The SMILES string of the molecule is CCOC(=O)CSCc1cccc(N)c1C(=O)O. The van der Waals surface area contributed by atoms with Crippen LogP contribution in [0.4, 0.5) is 5.69 Å². The number of ether oxygens (including phenoxy) is 1. The van der Waals surface area contributed by atoms with E-state index in [1.54, 1.807) is 25.1 Å². The number of rotatable bonds is 6. The van der Waals surface area contributed by atoms with Gasteiger partial charge in [0.05, 0.1) is 17.9 Å². The number of carboxylic acid groups (broad SMARTS) is 1. The summed E-state index contributed by atoms with van der Waals surface area (Å²) < 4.78 is 4.78. The maximum absolute atomic E-state index is 11.1. The van der Waals surface area contributed by atoms with E-state index in [4.69, 9.17) is 15.6 Å². The van der Waals surface area contributed by atoms with Gasteiger partial charge in [0.15, 0.2) is 0 Å². The van der Waals surface area contributed by atoms with Gasteiger partial charge in [-0.1, -0.05) is 12.1 Å². The van der Waals surface area contributed by atoms with Crippen LogP contribution < -0.4 is 5.73 Å². The summed E-state index contributed by atoms with van der Waals surface area (Å²) >= 11 is 1.30. The van der Waals surface area contributed by atoms with Crippen molar-refractivity contribution in [2.24, 2.45) is 0 Å². The Morgan fingerprint density at radius 2 is 2.17 bits per heavy atom. The zero-order chi connectivity index (χ0) is 13.5. The molecule has 0 saturated carbocycles. The number of carbonyl (C=O) groups is 2. The Balaban J connectivity index is 2.65. The van der Waals surface area contributed by atoms with Gasteiger partial charge in [-0.25, -0.2) is 4.79 Å². The van der Waals surface area contributed by atoms with Crippen molar-refractivity contribution in [1.82, 2.24) is 0 Å². The standard InChI is InChI=1S/C12H15NO4S/c1-2-17-10(14)7-18-6-8-4-3-5-9(13)11(8)12(15)16/h3-5H,2,6-7,13H2,1H3,(H,15,16). The van der Waals surface area contributed by atoms with Crippen LogP contribution in [0.15, 0.2) is 18.2 Å². The second kappa shape index (κ2) is 6.90. The van der Waals surface area contributed by atoms with Crippen molar-refractivity contribution in [2.45, 2.75) is 12.7 Å². The number of carboxylic acids is 1. The fourth-order valence-corrected chi connectivity index (χ4v) is 2.26. The minimum absolute atomic E-state index is 0.105. The molecule has 0 unspecified atom stereocenters. The smallest absolute Gasteiger partial charge is 0.338 e. The molecule has 0 saturated heterocycles. The molecule has 0 amide bonds. The number of nitrogen functional groups attached to an aromatic ring is 1. The first-order valence-corrected chi connectivity index (χ1v) is 6.55. The lowest BCUT2D eigenvalue weighted by Crippen LogP contribution is -2.09. The molecule has 18 heavy (non-hydrogen) atoms. The highest BCUT2D eigenvalue weighted by atomic mass is 32.2. The van der Waals surface area contributed by atoms with E-state index in [2.05, 4.69) is 0 Å². The quantitative estimate of drug-likeness (QED) is 0.604. The number of hydrogen-bond acceptors (Lipinski definition) is 5. The van der Waals surface area contributed by atoms with Crippen molar-refractivity contribution in [3.63, 3.8) is 0 Å². The zero-order valence-corrected chi connectivity index (χ0v) is 10.8. The van der Waals surface area contributed by atoms with E-state index >= 15 is 0 Å². The summed E-state index contributed by atoms with van der Waals surface area (Å²) in [7, 11) is 0. The molecule has 0 bridgehead atoms. The van der Waals surface area contributed by atoms with Crippen LogP contribution in [0, 0.1) is 0 Å². The van der Waals surface area contributed by atoms with E-state index in [0.717, 1.165) is 0 Å². The monoisotopic (exact) mass is 269 g/mol. The number of hydrogen-bond donors (Lipinski definition) is 2. The third-order valence-electron chi connectivity index (χ3n) is 2.18. The third-order valence-corrected chi connectivity index (χ3v) is 3.13. The maximum Gasteiger partial charge on any atom is 0.338 e. The number of thioether (sulfide) groups is 1. The number of benzene rings is 1. The number of aromatic carboxylic acids is 1. The molecule has 0 spiro atoms. The molecule has 3 N–H and O–H groups in total. The van der Waals surface area contributed by atoms with Crippen LogP contribution in [-0.2, 0) is 15.3 Å². The molecule has 0 fully saturated rings. The fraction of sp³-hybridized carbons (Fsp3) is 0.333. The summed E-state index contributed by atoms with van der Waals surface area (Å²) in [6.45, 7) is 2.08. The molecule has 0 heterocycles. The molecule has 5 nitrogen and oxygen atoms in total. The van der Waals surface area contributed by atoms with Crippen molar-refractivity contribution in [3.8, 4) is 0 Å². The summed E-state index contributed by atoms with van der Waals surface area (Å²) in [6, 6.07) is 4.93. The summed E-state index contributed by atoms with van der Waals surface area (Å²) in [5, 5.41) is 9.06. The summed E-state index contributed by atoms with van der Waals surface area (Å²) in [4.78, 5) is 22.2. The number of carbonyl (C=O) groups excluding carboxylic acids is 1. The van der Waals surface area contributed by atoms with Crippen molar-refractivity contribution < 1.29 is 19.4 Å². The van der Waals surface area contributed by atoms with Crippen molar-refractivity contribution >= 4 is 29.4 Å². The predicted molar refractivity (Wildman–Crippen MR) is 70.6 cm³/mol. The molecule has 1 rings (SSSR count). The van der Waals surface area contributed by atoms with E-state index in [9.17, 15) is 9.59 Å². The van der Waals surface area contributed by atoms with Gasteiger partial charge in [-0.2, -0.15) is 0 Å². The van der Waals surface area contributed by atoms with Gasteiger partial charge in [0.1, 0.15) is 0 Å². The van der Waals surface area contributed by atoms with Crippen LogP contribution >= 0.6 is 11.8 Å². The van der Waals surface area contributed by atoms with Crippen LogP contribution in [0.1, 0.15) is 22.8 Å². The van der Waals surface area contributed by atoms with Crippen molar-refractivity contribution in [3.05, 3.63) is 29.3 Å². The van der Waals surface area contributed by atoms with Gasteiger partial charge < -0.3 is 15.6 Å². The van der Waals surface area contributed by atoms with E-state index < -0.39 is 5.97 Å². The van der Waals surface area contributed by atoms with Gasteiger partial charge in [0.25, 0.3) is 0 Å². The average Bonchev–Trinajstić information content (AvgIpc) is 2.28. The number of esters is 1. The van der Waals surface area contributed by atoms with Gasteiger partial charge >= 0.3 is 11.9 Å². The summed E-state index contributed by atoms with van der Waals surface area (Å²) in [5.74, 6) is -0.754. The molecule has 0 aromatic heterocycles. The van der Waals surface area contributed by atoms with Gasteiger partial charge in [0.2, 0.25) is 0 Å². The highest BCUT2D eigenvalue weighted by molar-refractivity contribution is 7.99. The van der Waals surface area contributed by atoms with Gasteiger partial charge in [-0.3, -0.25) is 4.79 Å². The second-order valence-corrected chi connectivity index (χ2v) is 4.47. The third kappa shape index (κ3) is 3.96. The first-order valence-electron chi connectivity index (χ1n) is 5.40. The summed E-state index contributed by atoms with van der Waals surface area (Å²) in [5.41, 5.74) is 6.57. The molecule has 0 aliphatic rings. The Kier molecular flexibility index (Phi) is 5.51. The molecule has 6 heteroatoms. The lowest BCUT2D eigenvalue weighted by molar-refractivity contribution is -0.139. The lowest BCUT2D eigenvalue weighted by Gasteiger charge is -2.08. The predicted octanol–water partition coefficient (Wildman–Crippen LogP) is 1.76. The zero-order valence-electron chi connectivity index (χ0n) is 10.0. The van der Waals surface area contributed by atoms with E-state index in [1.165, 1.54) is 11.8 Å². The highest BCUT2D eigenvalue weighted by Crippen LogP contribution is 2.21. The van der Waals surface area contributed by atoms with Crippen LogP contribution in [0.2, 0.25) is 0 Å².